The molecule has 4 rings (SSSR count). The third-order valence-corrected chi connectivity index (χ3v) is 9.03. The molecule has 0 spiro atoms. The second-order valence-electron chi connectivity index (χ2n) is 9.16. The maximum absolute atomic E-state index is 11.9. The Hall–Kier alpha value is -0.400. The monoisotopic (exact) mass is 624 g/mol. The number of halogens is 2. The van der Waals surface area contributed by atoms with Gasteiger partial charge in [0.05, 0.1) is 30.0 Å². The summed E-state index contributed by atoms with van der Waals surface area (Å²) in [6, 6.07) is 8.63. The van der Waals surface area contributed by atoms with Crippen LogP contribution in [0.2, 0.25) is 5.02 Å². The summed E-state index contributed by atoms with van der Waals surface area (Å²) < 4.78 is 31.7. The van der Waals surface area contributed by atoms with Crippen molar-refractivity contribution >= 4 is 51.6 Å². The SMILES string of the molecule is CS(=O)(=O)CC1CN(C2CCC(c3cn(CSI)nn3)CC2)C(Cc2ccc(Cl)cc2)CO1. The highest BCUT2D eigenvalue weighted by molar-refractivity contribution is 14.2. The zero-order chi connectivity index (χ0) is 23.4. The lowest BCUT2D eigenvalue weighted by atomic mass is 9.82. The molecule has 1 aliphatic heterocycles. The fourth-order valence-electron chi connectivity index (χ4n) is 5.05. The van der Waals surface area contributed by atoms with Crippen LogP contribution in [0.25, 0.3) is 0 Å². The first kappa shape index (κ1) is 25.7. The van der Waals surface area contributed by atoms with Gasteiger partial charge in [0.2, 0.25) is 0 Å². The number of rotatable bonds is 8. The zero-order valence-corrected chi connectivity index (χ0v) is 23.2. The number of nitrogens with zero attached hydrogens (tertiary/aromatic N) is 4. The molecule has 2 atom stereocenters. The van der Waals surface area contributed by atoms with E-state index in [2.05, 4.69) is 54.7 Å². The summed E-state index contributed by atoms with van der Waals surface area (Å²) in [5.74, 6) is 1.33. The van der Waals surface area contributed by atoms with Gasteiger partial charge in [-0.2, -0.15) is 0 Å². The second kappa shape index (κ2) is 11.6. The predicted octanol–water partition coefficient (Wildman–Crippen LogP) is 4.36. The maximum Gasteiger partial charge on any atom is 0.150 e. The molecule has 2 aliphatic rings. The predicted molar refractivity (Wildman–Crippen MR) is 142 cm³/mol. The number of hydrogen-bond donors (Lipinski definition) is 0. The topological polar surface area (TPSA) is 77.3 Å². The smallest absolute Gasteiger partial charge is 0.150 e. The van der Waals surface area contributed by atoms with Gasteiger partial charge in [0.15, 0.2) is 0 Å². The Labute approximate surface area is 217 Å². The third-order valence-electron chi connectivity index (χ3n) is 6.60. The molecular weight excluding hydrogens is 595 g/mol. The van der Waals surface area contributed by atoms with Crippen molar-refractivity contribution in [1.82, 2.24) is 19.9 Å². The molecular formula is C22H30ClIN4O3S2. The third kappa shape index (κ3) is 7.30. The average molecular weight is 625 g/mol. The van der Waals surface area contributed by atoms with Crippen LogP contribution in [0.4, 0.5) is 0 Å². The van der Waals surface area contributed by atoms with Crippen LogP contribution < -0.4 is 0 Å². The molecule has 182 valence electrons. The molecule has 2 heterocycles. The van der Waals surface area contributed by atoms with Crippen molar-refractivity contribution in [3.05, 3.63) is 46.7 Å². The van der Waals surface area contributed by atoms with Gasteiger partial charge in [0, 0.05) is 42.0 Å². The summed E-state index contributed by atoms with van der Waals surface area (Å²) >= 11 is 8.33. The van der Waals surface area contributed by atoms with Crippen molar-refractivity contribution in [2.45, 2.75) is 62.1 Å². The van der Waals surface area contributed by atoms with Crippen molar-refractivity contribution in [2.75, 3.05) is 25.2 Å². The number of morpholine rings is 1. The molecule has 2 aromatic rings. The van der Waals surface area contributed by atoms with Gasteiger partial charge < -0.3 is 4.74 Å². The van der Waals surface area contributed by atoms with Gasteiger partial charge in [0.1, 0.15) is 9.84 Å². The number of aromatic nitrogens is 3. The molecule has 33 heavy (non-hydrogen) atoms. The Balaban J connectivity index is 1.43. The molecule has 0 bridgehead atoms. The number of hydrogen-bond acceptors (Lipinski definition) is 7. The molecule has 0 amide bonds. The van der Waals surface area contributed by atoms with Crippen LogP contribution in [0.1, 0.15) is 42.9 Å². The zero-order valence-electron chi connectivity index (χ0n) is 18.6. The van der Waals surface area contributed by atoms with Crippen LogP contribution in [0.3, 0.4) is 0 Å². The van der Waals surface area contributed by atoms with E-state index in [4.69, 9.17) is 16.3 Å². The van der Waals surface area contributed by atoms with Gasteiger partial charge >= 0.3 is 0 Å². The Morgan fingerprint density at radius 1 is 1.21 bits per heavy atom. The fraction of sp³-hybridized carbons (Fsp3) is 0.636. The largest absolute Gasteiger partial charge is 0.374 e. The molecule has 1 saturated carbocycles. The molecule has 2 unspecified atom stereocenters. The van der Waals surface area contributed by atoms with E-state index in [9.17, 15) is 8.42 Å². The normalized spacial score (nSPS) is 27.0. The van der Waals surface area contributed by atoms with Crippen LogP contribution >= 0.6 is 41.7 Å². The van der Waals surface area contributed by atoms with Gasteiger partial charge in [-0.15, -0.1) is 5.10 Å². The lowest BCUT2D eigenvalue weighted by Gasteiger charge is -2.46. The average Bonchev–Trinajstić information content (AvgIpc) is 3.24. The van der Waals surface area contributed by atoms with Crippen LogP contribution in [-0.4, -0.2) is 71.7 Å². The van der Waals surface area contributed by atoms with Gasteiger partial charge in [-0.1, -0.05) is 37.9 Å². The summed E-state index contributed by atoms with van der Waals surface area (Å²) in [4.78, 5) is 2.52. The van der Waals surface area contributed by atoms with E-state index in [0.29, 0.717) is 25.1 Å². The maximum atomic E-state index is 11.9. The van der Waals surface area contributed by atoms with E-state index >= 15 is 0 Å². The molecule has 11 heteroatoms. The van der Waals surface area contributed by atoms with Crippen molar-refractivity contribution < 1.29 is 13.2 Å². The van der Waals surface area contributed by atoms with Gasteiger partial charge in [-0.25, -0.2) is 13.1 Å². The summed E-state index contributed by atoms with van der Waals surface area (Å²) in [7, 11) is -1.39. The first-order chi connectivity index (χ1) is 15.8. The van der Waals surface area contributed by atoms with Crippen LogP contribution in [0, 0.1) is 0 Å². The molecule has 1 aromatic heterocycles. The molecule has 0 radical (unpaired) electrons. The summed E-state index contributed by atoms with van der Waals surface area (Å²) in [5, 5.41) is 9.39. The molecule has 2 fully saturated rings. The molecule has 0 N–H and O–H groups in total. The minimum Gasteiger partial charge on any atom is -0.374 e. The number of ether oxygens (including phenoxy) is 1. The number of sulfone groups is 1. The van der Waals surface area contributed by atoms with Crippen LogP contribution in [-0.2, 0) is 26.9 Å². The van der Waals surface area contributed by atoms with Gasteiger partial charge in [-0.05, 0) is 71.0 Å². The van der Waals surface area contributed by atoms with Crippen molar-refractivity contribution in [3.8, 4) is 0 Å². The molecule has 1 saturated heterocycles. The molecule has 1 aromatic carbocycles. The quantitative estimate of drug-likeness (QED) is 0.404. The van der Waals surface area contributed by atoms with E-state index in [1.807, 2.05) is 16.8 Å². The summed E-state index contributed by atoms with van der Waals surface area (Å²) in [5.41, 5.74) is 2.31. The Morgan fingerprint density at radius 3 is 2.61 bits per heavy atom. The highest BCUT2D eigenvalue weighted by Crippen LogP contribution is 2.36. The second-order valence-corrected chi connectivity index (χ2v) is 14.1. The van der Waals surface area contributed by atoms with Crippen molar-refractivity contribution in [3.63, 3.8) is 0 Å². The van der Waals surface area contributed by atoms with Crippen LogP contribution in [0.15, 0.2) is 30.5 Å². The summed E-state index contributed by atoms with van der Waals surface area (Å²) in [6.07, 6.45) is 8.25. The Bertz CT molecular complexity index is 1010. The minimum atomic E-state index is -3.09. The fourth-order valence-corrected chi connectivity index (χ4v) is 7.14. The lowest BCUT2D eigenvalue weighted by Crippen LogP contribution is -2.56. The van der Waals surface area contributed by atoms with E-state index in [-0.39, 0.29) is 17.9 Å². The van der Waals surface area contributed by atoms with Gasteiger partial charge in [0.25, 0.3) is 0 Å². The summed E-state index contributed by atoms with van der Waals surface area (Å²) in [6.45, 7) is 1.20. The number of benzene rings is 1. The Morgan fingerprint density at radius 2 is 1.94 bits per heavy atom. The Kier molecular flexibility index (Phi) is 9.00. The highest BCUT2D eigenvalue weighted by atomic mass is 127. The van der Waals surface area contributed by atoms with Crippen molar-refractivity contribution in [2.24, 2.45) is 0 Å². The van der Waals surface area contributed by atoms with Gasteiger partial charge in [-0.3, -0.25) is 4.90 Å². The van der Waals surface area contributed by atoms with E-state index < -0.39 is 9.84 Å². The first-order valence-electron chi connectivity index (χ1n) is 11.2. The first-order valence-corrected chi connectivity index (χ1v) is 17.2. The van der Waals surface area contributed by atoms with Crippen LogP contribution in [0.5, 0.6) is 0 Å². The molecule has 7 nitrogen and oxygen atoms in total. The van der Waals surface area contributed by atoms with E-state index in [0.717, 1.165) is 48.7 Å². The van der Waals surface area contributed by atoms with E-state index in [1.54, 1.807) is 8.93 Å². The van der Waals surface area contributed by atoms with E-state index in [1.165, 1.54) is 11.8 Å². The van der Waals surface area contributed by atoms with Crippen molar-refractivity contribution in [1.29, 1.82) is 0 Å². The molecule has 1 aliphatic carbocycles. The minimum absolute atomic E-state index is 0.0738. The highest BCUT2D eigenvalue weighted by Gasteiger charge is 2.37. The lowest BCUT2D eigenvalue weighted by molar-refractivity contribution is -0.0755. The standard InChI is InChI=1S/C22H30ClIN4O3S2/c1-33(29,30)14-21-11-28(20(13-31-21)10-16-2-6-18(23)7-3-16)19-8-4-17(5-9-19)22-12-27(15-32-24)26-25-22/h2-3,6-7,12,17,19-21H,4-5,8-11,13-15H2,1H3.